The maximum atomic E-state index is 14.9. The lowest BCUT2D eigenvalue weighted by Gasteiger charge is -2.26. The largest absolute Gasteiger partial charge is 0.314 e. The molecule has 2 nitrogen and oxygen atoms in total. The molecule has 0 amide bonds. The highest BCUT2D eigenvalue weighted by Crippen LogP contribution is 2.50. The van der Waals surface area contributed by atoms with E-state index in [4.69, 9.17) is 0 Å². The summed E-state index contributed by atoms with van der Waals surface area (Å²) >= 11 is 0. The summed E-state index contributed by atoms with van der Waals surface area (Å²) in [6.07, 6.45) is 1.59. The fourth-order valence-electron chi connectivity index (χ4n) is 5.13. The quantitative estimate of drug-likeness (QED) is 0.254. The first-order valence-electron chi connectivity index (χ1n) is 12.2. The Morgan fingerprint density at radius 3 is 0.886 bits per heavy atom. The van der Waals surface area contributed by atoms with E-state index in [-0.39, 0.29) is 0 Å². The fourth-order valence-corrected chi connectivity index (χ4v) is 12.0. The molecule has 0 saturated carbocycles. The lowest BCUT2D eigenvalue weighted by atomic mass is 10.2. The van der Waals surface area contributed by atoms with Gasteiger partial charge in [-0.1, -0.05) is 97.1 Å². The van der Waals surface area contributed by atoms with Gasteiger partial charge < -0.3 is 9.13 Å². The zero-order valence-corrected chi connectivity index (χ0v) is 22.9. The Kier molecular flexibility index (Phi) is 7.65. The van der Waals surface area contributed by atoms with Crippen LogP contribution in [0.25, 0.3) is 0 Å². The number of aryl methyl sites for hydroxylation is 4. The van der Waals surface area contributed by atoms with Crippen LogP contribution in [0.3, 0.4) is 0 Å². The molecule has 0 N–H and O–H groups in total. The first kappa shape index (κ1) is 25.4. The number of benzene rings is 4. The lowest BCUT2D eigenvalue weighted by Crippen LogP contribution is -2.25. The first-order chi connectivity index (χ1) is 16.8. The van der Waals surface area contributed by atoms with Crippen LogP contribution in [-0.4, -0.2) is 12.3 Å². The molecule has 0 fully saturated rings. The van der Waals surface area contributed by atoms with Crippen LogP contribution in [0.4, 0.5) is 0 Å². The molecule has 0 unspecified atom stereocenters. The minimum Gasteiger partial charge on any atom is -0.314 e. The minimum absolute atomic E-state index is 0.491. The number of rotatable bonds is 8. The minimum atomic E-state index is -2.91. The van der Waals surface area contributed by atoms with Crippen LogP contribution in [0.5, 0.6) is 0 Å². The maximum absolute atomic E-state index is 14.9. The van der Waals surface area contributed by atoms with Crippen LogP contribution in [-0.2, 0) is 9.13 Å². The Morgan fingerprint density at radius 1 is 0.429 bits per heavy atom. The molecule has 0 spiro atoms. The fraction of sp³-hybridized carbons (Fsp3) is 0.226. The van der Waals surface area contributed by atoms with Gasteiger partial charge in [0.15, 0.2) is 0 Å². The van der Waals surface area contributed by atoms with Gasteiger partial charge in [0.1, 0.15) is 14.3 Å². The third-order valence-electron chi connectivity index (χ3n) is 6.96. The van der Waals surface area contributed by atoms with E-state index in [0.717, 1.165) is 43.5 Å². The van der Waals surface area contributed by atoms with E-state index in [9.17, 15) is 9.13 Å². The van der Waals surface area contributed by atoms with Crippen molar-refractivity contribution in [1.29, 1.82) is 0 Å². The lowest BCUT2D eigenvalue weighted by molar-refractivity contribution is 0.583. The molecule has 4 aromatic rings. The predicted molar refractivity (Wildman–Crippen MR) is 153 cm³/mol. The molecule has 0 radical (unpaired) electrons. The van der Waals surface area contributed by atoms with Gasteiger partial charge in [-0.2, -0.15) is 0 Å². The van der Waals surface area contributed by atoms with Crippen LogP contribution in [0.15, 0.2) is 97.1 Å². The second-order valence-electron chi connectivity index (χ2n) is 9.43. The van der Waals surface area contributed by atoms with E-state index in [1.807, 2.05) is 125 Å². The van der Waals surface area contributed by atoms with Crippen LogP contribution in [0.1, 0.15) is 28.7 Å². The van der Waals surface area contributed by atoms with Crippen LogP contribution in [0, 0.1) is 27.7 Å². The molecule has 0 aliphatic carbocycles. The summed E-state index contributed by atoms with van der Waals surface area (Å²) in [5.74, 6) is 0. The molecule has 4 rings (SSSR count). The van der Waals surface area contributed by atoms with Crippen molar-refractivity contribution < 1.29 is 9.13 Å². The third kappa shape index (κ3) is 5.02. The highest BCUT2D eigenvalue weighted by atomic mass is 31.2. The number of hydrogen-bond donors (Lipinski definition) is 0. The van der Waals surface area contributed by atoms with Crippen molar-refractivity contribution in [3.05, 3.63) is 119 Å². The van der Waals surface area contributed by atoms with Gasteiger partial charge in [0, 0.05) is 33.5 Å². The number of hydrogen-bond acceptors (Lipinski definition) is 2. The van der Waals surface area contributed by atoms with E-state index in [1.54, 1.807) is 0 Å². The Hall–Kier alpha value is -2.66. The van der Waals surface area contributed by atoms with Gasteiger partial charge in [-0.15, -0.1) is 0 Å². The first-order valence-corrected chi connectivity index (χ1v) is 16.0. The smallest absolute Gasteiger partial charge is 0.143 e. The van der Waals surface area contributed by atoms with Gasteiger partial charge in [-0.25, -0.2) is 0 Å². The summed E-state index contributed by atoms with van der Waals surface area (Å²) < 4.78 is 29.7. The standard InChI is InChI=1S/C31H34O2P2/c1-24-14-5-9-18-28(24)34(32,29-19-10-6-15-25(29)2)22-13-23-35(33,30-20-11-7-16-26(30)3)31-21-12-8-17-27(31)4/h5-12,14-21H,13,22-23H2,1-4H3. The molecule has 4 aromatic carbocycles. The van der Waals surface area contributed by atoms with E-state index in [2.05, 4.69) is 0 Å². The molecule has 0 bridgehead atoms. The molecular weight excluding hydrogens is 466 g/mol. The normalized spacial score (nSPS) is 12.0. The molecule has 0 aliphatic heterocycles. The highest BCUT2D eigenvalue weighted by Gasteiger charge is 2.34. The Morgan fingerprint density at radius 2 is 0.657 bits per heavy atom. The average molecular weight is 501 g/mol. The third-order valence-corrected chi connectivity index (χ3v) is 14.0. The summed E-state index contributed by atoms with van der Waals surface area (Å²) in [6, 6.07) is 32.0. The maximum Gasteiger partial charge on any atom is 0.143 e. The van der Waals surface area contributed by atoms with Crippen molar-refractivity contribution in [2.24, 2.45) is 0 Å². The Balaban J connectivity index is 1.76. The molecule has 0 aromatic heterocycles. The van der Waals surface area contributed by atoms with Crippen LogP contribution >= 0.6 is 14.3 Å². The molecule has 4 heteroatoms. The van der Waals surface area contributed by atoms with E-state index < -0.39 is 14.3 Å². The van der Waals surface area contributed by atoms with E-state index in [1.165, 1.54) is 0 Å². The Bertz CT molecular complexity index is 1230. The molecule has 0 heterocycles. The molecule has 180 valence electrons. The summed E-state index contributed by atoms with van der Waals surface area (Å²) in [6.45, 7) is 8.13. The van der Waals surface area contributed by atoms with Crippen LogP contribution < -0.4 is 21.2 Å². The molecule has 0 saturated heterocycles. The monoisotopic (exact) mass is 500 g/mol. The summed E-state index contributed by atoms with van der Waals surface area (Å²) in [5, 5.41) is 3.65. The highest BCUT2D eigenvalue weighted by molar-refractivity contribution is 7.79. The van der Waals surface area contributed by atoms with Crippen molar-refractivity contribution in [2.45, 2.75) is 34.1 Å². The van der Waals surface area contributed by atoms with E-state index >= 15 is 0 Å². The van der Waals surface area contributed by atoms with Crippen molar-refractivity contribution in [1.82, 2.24) is 0 Å². The van der Waals surface area contributed by atoms with Crippen molar-refractivity contribution >= 4 is 35.5 Å². The van der Waals surface area contributed by atoms with Gasteiger partial charge in [-0.3, -0.25) is 0 Å². The van der Waals surface area contributed by atoms with Gasteiger partial charge >= 0.3 is 0 Å². The summed E-state index contributed by atoms with van der Waals surface area (Å²) in [5.41, 5.74) is 4.17. The predicted octanol–water partition coefficient (Wildman–Crippen LogP) is 6.64. The molecule has 35 heavy (non-hydrogen) atoms. The zero-order chi connectivity index (χ0) is 25.1. The van der Waals surface area contributed by atoms with Crippen molar-refractivity contribution in [2.75, 3.05) is 12.3 Å². The van der Waals surface area contributed by atoms with Crippen molar-refractivity contribution in [3.8, 4) is 0 Å². The van der Waals surface area contributed by atoms with Gasteiger partial charge in [-0.05, 0) is 56.4 Å². The van der Waals surface area contributed by atoms with Crippen LogP contribution in [0.2, 0.25) is 0 Å². The molecule has 0 atom stereocenters. The SMILES string of the molecule is Cc1ccccc1P(=O)(CCCP(=O)(c1ccccc1C)c1ccccc1C)c1ccccc1C. The van der Waals surface area contributed by atoms with Gasteiger partial charge in [0.25, 0.3) is 0 Å². The summed E-state index contributed by atoms with van der Waals surface area (Å²) in [7, 11) is -5.83. The van der Waals surface area contributed by atoms with Crippen molar-refractivity contribution in [3.63, 3.8) is 0 Å². The average Bonchev–Trinajstić information content (AvgIpc) is 2.85. The second-order valence-corrected chi connectivity index (χ2v) is 15.2. The molecule has 0 aliphatic rings. The summed E-state index contributed by atoms with van der Waals surface area (Å²) in [4.78, 5) is 0. The second kappa shape index (κ2) is 10.5. The zero-order valence-electron chi connectivity index (χ0n) is 21.1. The Labute approximate surface area is 210 Å². The van der Waals surface area contributed by atoms with Gasteiger partial charge in [0.05, 0.1) is 0 Å². The van der Waals surface area contributed by atoms with E-state index in [0.29, 0.717) is 18.7 Å². The van der Waals surface area contributed by atoms with Gasteiger partial charge in [0.2, 0.25) is 0 Å². The topological polar surface area (TPSA) is 34.1 Å². The molecular formula is C31H34O2P2.